The zero-order valence-electron chi connectivity index (χ0n) is 18.2. The van der Waals surface area contributed by atoms with E-state index in [1.165, 1.54) is 0 Å². The number of ether oxygens (including phenoxy) is 1. The van der Waals surface area contributed by atoms with Crippen molar-refractivity contribution in [2.24, 2.45) is 0 Å². The minimum absolute atomic E-state index is 0.0134. The molecule has 1 unspecified atom stereocenters. The van der Waals surface area contributed by atoms with Gasteiger partial charge >= 0.3 is 6.09 Å². The molecule has 164 valence electrons. The summed E-state index contributed by atoms with van der Waals surface area (Å²) in [6.45, 7) is 8.79. The van der Waals surface area contributed by atoms with E-state index < -0.39 is 5.60 Å². The lowest BCUT2D eigenvalue weighted by molar-refractivity contribution is -0.115. The van der Waals surface area contributed by atoms with Crippen molar-refractivity contribution in [3.05, 3.63) is 17.4 Å². The Balaban J connectivity index is 1.89. The Hall–Kier alpha value is -2.48. The van der Waals surface area contributed by atoms with Crippen LogP contribution in [-0.4, -0.2) is 58.6 Å². The molecule has 3 heterocycles. The molecule has 0 spiro atoms. The predicted octanol–water partition coefficient (Wildman–Crippen LogP) is 4.40. The molecule has 2 aromatic rings. The number of carbonyl (C=O) groups excluding carboxylic acids is 2. The van der Waals surface area contributed by atoms with Crippen LogP contribution >= 0.6 is 11.6 Å². The number of hydrogen-bond donors (Lipinski definition) is 2. The molecule has 9 heteroatoms. The second kappa shape index (κ2) is 8.71. The second-order valence-corrected chi connectivity index (χ2v) is 9.02. The van der Waals surface area contributed by atoms with Gasteiger partial charge in [0, 0.05) is 32.8 Å². The van der Waals surface area contributed by atoms with Gasteiger partial charge in [-0.25, -0.2) is 9.78 Å². The quantitative estimate of drug-likeness (QED) is 0.742. The number of aromatic amines is 1. The summed E-state index contributed by atoms with van der Waals surface area (Å²) in [5.41, 5.74) is 1.59. The molecule has 0 aliphatic carbocycles. The van der Waals surface area contributed by atoms with Crippen LogP contribution in [0.3, 0.4) is 0 Å². The van der Waals surface area contributed by atoms with Gasteiger partial charge in [-0.2, -0.15) is 0 Å². The summed E-state index contributed by atoms with van der Waals surface area (Å²) in [5.74, 6) is -0.0806. The molecule has 1 fully saturated rings. The lowest BCUT2D eigenvalue weighted by Gasteiger charge is -2.39. The first-order chi connectivity index (χ1) is 14.1. The summed E-state index contributed by atoms with van der Waals surface area (Å²) in [7, 11) is 1.77. The van der Waals surface area contributed by atoms with Crippen molar-refractivity contribution in [3.63, 3.8) is 0 Å². The van der Waals surface area contributed by atoms with Gasteiger partial charge in [0.05, 0.1) is 34.0 Å². The fraction of sp³-hybridized carbons (Fsp3) is 0.571. The molecule has 3 rings (SSSR count). The lowest BCUT2D eigenvalue weighted by Crippen LogP contribution is -2.50. The highest BCUT2D eigenvalue weighted by Gasteiger charge is 2.31. The molecule has 2 aromatic heterocycles. The van der Waals surface area contributed by atoms with Crippen molar-refractivity contribution >= 4 is 46.0 Å². The van der Waals surface area contributed by atoms with Crippen molar-refractivity contribution in [1.82, 2.24) is 14.9 Å². The van der Waals surface area contributed by atoms with Crippen molar-refractivity contribution in [2.45, 2.75) is 58.6 Å². The molecule has 2 N–H and O–H groups in total. The maximum atomic E-state index is 12.5. The third-order valence-electron chi connectivity index (χ3n) is 5.17. The van der Waals surface area contributed by atoms with Gasteiger partial charge in [0.25, 0.3) is 0 Å². The van der Waals surface area contributed by atoms with E-state index in [4.69, 9.17) is 16.3 Å². The van der Waals surface area contributed by atoms with Crippen molar-refractivity contribution < 1.29 is 14.3 Å². The number of hydrogen-bond acceptors (Lipinski definition) is 5. The number of rotatable bonds is 4. The maximum Gasteiger partial charge on any atom is 0.410 e. The Kier molecular flexibility index (Phi) is 6.45. The summed E-state index contributed by atoms with van der Waals surface area (Å²) in [6.07, 6.45) is 5.17. The normalized spacial score (nSPS) is 17.1. The molecule has 0 aromatic carbocycles. The van der Waals surface area contributed by atoms with Crippen molar-refractivity contribution in [1.29, 1.82) is 0 Å². The first-order valence-corrected chi connectivity index (χ1v) is 10.6. The molecule has 1 atom stereocenters. The zero-order valence-corrected chi connectivity index (χ0v) is 19.0. The molecule has 0 saturated carbocycles. The lowest BCUT2D eigenvalue weighted by atomic mass is 10.0. The summed E-state index contributed by atoms with van der Waals surface area (Å²) in [4.78, 5) is 35.8. The number of aromatic nitrogens is 2. The van der Waals surface area contributed by atoms with E-state index in [-0.39, 0.29) is 18.0 Å². The standard InChI is InChI=1S/C21H30ClN5O3/c1-6-16(28)25-15-11-24-19-17(15)18(14(22)10-23-19)27-9-7-8-13(12-27)26(5)20(29)30-21(2,3)4/h10-11,13H,6-9,12H2,1-5H3,(H,23,24)(H,25,28). The van der Waals surface area contributed by atoms with Crippen LogP contribution < -0.4 is 10.2 Å². The maximum absolute atomic E-state index is 12.5. The third kappa shape index (κ3) is 4.80. The van der Waals surface area contributed by atoms with E-state index in [0.717, 1.165) is 30.5 Å². The number of nitrogens with zero attached hydrogens (tertiary/aromatic N) is 3. The third-order valence-corrected chi connectivity index (χ3v) is 5.44. The molecule has 30 heavy (non-hydrogen) atoms. The smallest absolute Gasteiger partial charge is 0.410 e. The molecular formula is C21H30ClN5O3. The fourth-order valence-electron chi connectivity index (χ4n) is 3.66. The molecule has 1 aliphatic heterocycles. The summed E-state index contributed by atoms with van der Waals surface area (Å²) in [6, 6.07) is -0.0134. The van der Waals surface area contributed by atoms with Gasteiger partial charge in [0.1, 0.15) is 11.2 Å². The van der Waals surface area contributed by atoms with Crippen LogP contribution in [0.25, 0.3) is 11.0 Å². The van der Waals surface area contributed by atoms with Crippen LogP contribution in [0, 0.1) is 0 Å². The SMILES string of the molecule is CCC(=O)Nc1c[nH]c2ncc(Cl)c(N3CCCC(N(C)C(=O)OC(C)(C)C)C3)c12. The number of pyridine rings is 1. The van der Waals surface area contributed by atoms with E-state index in [1.807, 2.05) is 20.8 Å². The van der Waals surface area contributed by atoms with Crippen molar-refractivity contribution in [2.75, 3.05) is 30.4 Å². The summed E-state index contributed by atoms with van der Waals surface area (Å²) in [5, 5.41) is 4.21. The van der Waals surface area contributed by atoms with E-state index >= 15 is 0 Å². The van der Waals surface area contributed by atoms with Crippen LogP contribution in [0.15, 0.2) is 12.4 Å². The fourth-order valence-corrected chi connectivity index (χ4v) is 3.92. The number of anilines is 2. The average Bonchev–Trinajstić information content (AvgIpc) is 3.08. The number of likely N-dealkylation sites (N-methyl/N-ethyl adjacent to an activating group) is 1. The summed E-state index contributed by atoms with van der Waals surface area (Å²) >= 11 is 6.58. The molecule has 1 aliphatic rings. The van der Waals surface area contributed by atoms with E-state index in [2.05, 4.69) is 20.2 Å². The first-order valence-electron chi connectivity index (χ1n) is 10.3. The average molecular weight is 436 g/mol. The molecule has 1 saturated heterocycles. The van der Waals surface area contributed by atoms with E-state index in [1.54, 1.807) is 31.3 Å². The van der Waals surface area contributed by atoms with Crippen LogP contribution in [0.1, 0.15) is 47.0 Å². The van der Waals surface area contributed by atoms with Crippen LogP contribution in [0.2, 0.25) is 5.02 Å². The number of piperidine rings is 1. The summed E-state index contributed by atoms with van der Waals surface area (Å²) < 4.78 is 5.53. The topological polar surface area (TPSA) is 90.6 Å². The van der Waals surface area contributed by atoms with Crippen molar-refractivity contribution in [3.8, 4) is 0 Å². The second-order valence-electron chi connectivity index (χ2n) is 8.62. The van der Waals surface area contributed by atoms with Crippen LogP contribution in [0.5, 0.6) is 0 Å². The van der Waals surface area contributed by atoms with Gasteiger partial charge < -0.3 is 24.8 Å². The highest BCUT2D eigenvalue weighted by Crippen LogP contribution is 2.39. The Morgan fingerprint density at radius 2 is 2.17 bits per heavy atom. The van der Waals surface area contributed by atoms with Gasteiger partial charge in [0.2, 0.25) is 5.91 Å². The Bertz CT molecular complexity index is 937. The highest BCUT2D eigenvalue weighted by atomic mass is 35.5. The monoisotopic (exact) mass is 435 g/mol. The number of amides is 2. The number of nitrogens with one attached hydrogen (secondary N) is 2. The van der Waals surface area contributed by atoms with E-state index in [0.29, 0.717) is 29.3 Å². The minimum atomic E-state index is -0.544. The minimum Gasteiger partial charge on any atom is -0.444 e. The van der Waals surface area contributed by atoms with Crippen LogP contribution in [0.4, 0.5) is 16.2 Å². The van der Waals surface area contributed by atoms with Gasteiger partial charge in [-0.3, -0.25) is 4.79 Å². The zero-order chi connectivity index (χ0) is 22.1. The van der Waals surface area contributed by atoms with Gasteiger partial charge in [-0.1, -0.05) is 18.5 Å². The number of carbonyl (C=O) groups is 2. The first kappa shape index (κ1) is 22.2. The van der Waals surface area contributed by atoms with Gasteiger partial charge in [-0.05, 0) is 33.6 Å². The number of fused-ring (bicyclic) bond motifs is 1. The molecule has 8 nitrogen and oxygen atoms in total. The van der Waals surface area contributed by atoms with Gasteiger partial charge in [0.15, 0.2) is 0 Å². The molecule has 0 radical (unpaired) electrons. The Labute approximate surface area is 181 Å². The van der Waals surface area contributed by atoms with Gasteiger partial charge in [-0.15, -0.1) is 0 Å². The predicted molar refractivity (Wildman–Crippen MR) is 119 cm³/mol. The number of H-pyrrole nitrogens is 1. The highest BCUT2D eigenvalue weighted by molar-refractivity contribution is 6.35. The largest absolute Gasteiger partial charge is 0.444 e. The molecule has 0 bridgehead atoms. The van der Waals surface area contributed by atoms with E-state index in [9.17, 15) is 9.59 Å². The Morgan fingerprint density at radius 1 is 1.43 bits per heavy atom. The molecular weight excluding hydrogens is 406 g/mol. The van der Waals surface area contributed by atoms with Crippen LogP contribution in [-0.2, 0) is 9.53 Å². The Morgan fingerprint density at radius 3 is 2.83 bits per heavy atom. The molecule has 2 amide bonds. The number of halogens is 1.